The number of methoxy groups -OCH3 is 4. The number of anilines is 2. The van der Waals surface area contributed by atoms with Gasteiger partial charge in [0.25, 0.3) is 0 Å². The van der Waals surface area contributed by atoms with Crippen molar-refractivity contribution in [1.82, 2.24) is 0 Å². The largest absolute Gasteiger partial charge is 0.504 e. The molecule has 35 heavy (non-hydrogen) atoms. The van der Waals surface area contributed by atoms with Crippen molar-refractivity contribution in [1.29, 1.82) is 0 Å². The van der Waals surface area contributed by atoms with Gasteiger partial charge in [0, 0.05) is 40.8 Å². The summed E-state index contributed by atoms with van der Waals surface area (Å²) in [7, 11) is 6.10. The van der Waals surface area contributed by atoms with Crippen LogP contribution in [0.5, 0.6) is 28.7 Å². The Morgan fingerprint density at radius 1 is 0.857 bits per heavy atom. The number of nitrogen functional groups attached to an aromatic ring is 1. The van der Waals surface area contributed by atoms with Gasteiger partial charge in [0.15, 0.2) is 28.8 Å². The van der Waals surface area contributed by atoms with Crippen LogP contribution in [-0.2, 0) is 0 Å². The fraction of sp³-hybridized carbons (Fsp3) is 0.148. The minimum absolute atomic E-state index is 0.0236. The molecule has 0 unspecified atom stereocenters. The Balaban J connectivity index is 1.90. The summed E-state index contributed by atoms with van der Waals surface area (Å²) >= 11 is 0. The van der Waals surface area contributed by atoms with Crippen LogP contribution in [0.4, 0.5) is 11.4 Å². The highest BCUT2D eigenvalue weighted by molar-refractivity contribution is 6.04. The van der Waals surface area contributed by atoms with E-state index in [1.54, 1.807) is 75.9 Å². The van der Waals surface area contributed by atoms with Crippen molar-refractivity contribution in [3.63, 3.8) is 0 Å². The Hall–Kier alpha value is -4.59. The van der Waals surface area contributed by atoms with Gasteiger partial charge in [0.1, 0.15) is 0 Å². The molecule has 0 bridgehead atoms. The summed E-state index contributed by atoms with van der Waals surface area (Å²) in [5, 5.41) is 13.4. The third-order valence-corrected chi connectivity index (χ3v) is 5.16. The van der Waals surface area contributed by atoms with E-state index >= 15 is 0 Å². The van der Waals surface area contributed by atoms with E-state index < -0.39 is 0 Å². The third-order valence-electron chi connectivity index (χ3n) is 5.16. The van der Waals surface area contributed by atoms with E-state index in [-0.39, 0.29) is 17.3 Å². The predicted molar refractivity (Wildman–Crippen MR) is 138 cm³/mol. The summed E-state index contributed by atoms with van der Waals surface area (Å²) in [6, 6.07) is 13.5. The first kappa shape index (κ1) is 25.0. The van der Waals surface area contributed by atoms with Crippen molar-refractivity contribution < 1.29 is 28.8 Å². The van der Waals surface area contributed by atoms with E-state index in [1.807, 2.05) is 6.08 Å². The van der Waals surface area contributed by atoms with Gasteiger partial charge in [-0.3, -0.25) is 4.79 Å². The molecule has 0 aliphatic rings. The van der Waals surface area contributed by atoms with Crippen LogP contribution in [0, 0.1) is 0 Å². The highest BCUT2D eigenvalue weighted by Gasteiger charge is 2.13. The lowest BCUT2D eigenvalue weighted by Crippen LogP contribution is -1.98. The molecule has 0 saturated carbocycles. The van der Waals surface area contributed by atoms with Crippen molar-refractivity contribution in [3.8, 4) is 28.7 Å². The minimum atomic E-state index is -0.183. The zero-order chi connectivity index (χ0) is 25.4. The molecule has 0 spiro atoms. The fourth-order valence-corrected chi connectivity index (χ4v) is 3.35. The summed E-state index contributed by atoms with van der Waals surface area (Å²) in [6.45, 7) is 0. The topological polar surface area (TPSA) is 112 Å². The number of allylic oxidation sites excluding steroid dienone is 1. The lowest BCUT2D eigenvalue weighted by molar-refractivity contribution is 0.104. The standard InChI is InChI=1S/C27H28N2O6/c1-32-24-16-21(29-12-11-22(30)18-7-9-20(28)10-8-18)19(15-23(24)31)6-5-17-13-25(33-2)27(35-4)26(14-17)34-3/h5-16,29,31H,28H2,1-4H3. The second-order valence-electron chi connectivity index (χ2n) is 7.37. The van der Waals surface area contributed by atoms with Crippen LogP contribution in [0.25, 0.3) is 12.2 Å². The maximum atomic E-state index is 12.4. The Labute approximate surface area is 204 Å². The number of carbonyl (C=O) groups excluding carboxylic acids is 1. The van der Waals surface area contributed by atoms with Crippen LogP contribution in [0.3, 0.4) is 0 Å². The van der Waals surface area contributed by atoms with Crippen molar-refractivity contribution in [2.75, 3.05) is 39.5 Å². The summed E-state index contributed by atoms with van der Waals surface area (Å²) in [6.07, 6.45) is 6.58. The monoisotopic (exact) mass is 476 g/mol. The average molecular weight is 477 g/mol. The molecule has 3 rings (SSSR count). The van der Waals surface area contributed by atoms with E-state index in [9.17, 15) is 9.90 Å². The first-order valence-electron chi connectivity index (χ1n) is 10.6. The number of ether oxygens (including phenoxy) is 4. The molecule has 0 amide bonds. The Morgan fingerprint density at radius 3 is 2.06 bits per heavy atom. The van der Waals surface area contributed by atoms with Gasteiger partial charge in [0.05, 0.1) is 28.4 Å². The summed E-state index contributed by atoms with van der Waals surface area (Å²) < 4.78 is 21.4. The zero-order valence-electron chi connectivity index (χ0n) is 20.0. The molecule has 0 heterocycles. The van der Waals surface area contributed by atoms with Gasteiger partial charge in [-0.2, -0.15) is 0 Å². The van der Waals surface area contributed by atoms with Gasteiger partial charge in [-0.05, 0) is 48.0 Å². The fourth-order valence-electron chi connectivity index (χ4n) is 3.35. The van der Waals surface area contributed by atoms with Crippen LogP contribution < -0.4 is 30.0 Å². The number of phenolic OH excluding ortho intramolecular Hbond substituents is 1. The van der Waals surface area contributed by atoms with Gasteiger partial charge in [0.2, 0.25) is 5.75 Å². The third kappa shape index (κ3) is 6.05. The second-order valence-corrected chi connectivity index (χ2v) is 7.37. The molecule has 8 nitrogen and oxygen atoms in total. The van der Waals surface area contributed by atoms with E-state index in [2.05, 4.69) is 5.32 Å². The highest BCUT2D eigenvalue weighted by Crippen LogP contribution is 2.39. The van der Waals surface area contributed by atoms with Crippen LogP contribution in [-0.4, -0.2) is 39.3 Å². The first-order valence-corrected chi connectivity index (χ1v) is 10.6. The van der Waals surface area contributed by atoms with Crippen molar-refractivity contribution >= 4 is 29.3 Å². The molecule has 8 heteroatoms. The molecule has 0 radical (unpaired) electrons. The quantitative estimate of drug-likeness (QED) is 0.123. The molecular weight excluding hydrogens is 448 g/mol. The number of rotatable bonds is 10. The maximum absolute atomic E-state index is 12.4. The molecule has 0 aromatic heterocycles. The number of carbonyl (C=O) groups is 1. The highest BCUT2D eigenvalue weighted by atomic mass is 16.5. The van der Waals surface area contributed by atoms with Crippen LogP contribution in [0.2, 0.25) is 0 Å². The number of nitrogens with two attached hydrogens (primary N) is 1. The number of ketones is 1. The van der Waals surface area contributed by atoms with Crippen molar-refractivity contribution in [2.45, 2.75) is 0 Å². The Morgan fingerprint density at radius 2 is 1.49 bits per heavy atom. The number of benzene rings is 3. The number of hydrogen-bond acceptors (Lipinski definition) is 8. The number of nitrogens with one attached hydrogen (secondary N) is 1. The second kappa shape index (κ2) is 11.5. The van der Waals surface area contributed by atoms with Crippen LogP contribution >= 0.6 is 0 Å². The number of hydrogen-bond donors (Lipinski definition) is 3. The van der Waals surface area contributed by atoms with E-state index in [0.717, 1.165) is 5.56 Å². The molecule has 182 valence electrons. The summed E-state index contributed by atoms with van der Waals surface area (Å²) in [4.78, 5) is 12.4. The SMILES string of the molecule is COc1cc(NC=CC(=O)c2ccc(N)cc2)c(C=Cc2cc(OC)c(OC)c(OC)c2)cc1O. The van der Waals surface area contributed by atoms with E-state index in [1.165, 1.54) is 19.4 Å². The van der Waals surface area contributed by atoms with Crippen LogP contribution in [0.1, 0.15) is 21.5 Å². The first-order chi connectivity index (χ1) is 16.9. The molecule has 0 fully saturated rings. The molecule has 0 atom stereocenters. The van der Waals surface area contributed by atoms with E-state index in [0.29, 0.717) is 39.8 Å². The molecule has 0 aliphatic carbocycles. The summed E-state index contributed by atoms with van der Waals surface area (Å²) in [5.74, 6) is 1.61. The number of aromatic hydroxyl groups is 1. The molecule has 0 saturated heterocycles. The van der Waals surface area contributed by atoms with Crippen molar-refractivity contribution in [2.24, 2.45) is 0 Å². The van der Waals surface area contributed by atoms with Gasteiger partial charge >= 0.3 is 0 Å². The Kier molecular flexibility index (Phi) is 8.24. The van der Waals surface area contributed by atoms with E-state index in [4.69, 9.17) is 24.7 Å². The lowest BCUT2D eigenvalue weighted by atomic mass is 10.1. The normalized spacial score (nSPS) is 11.0. The Bertz CT molecular complexity index is 1220. The molecule has 0 aliphatic heterocycles. The minimum Gasteiger partial charge on any atom is -0.504 e. The lowest BCUT2D eigenvalue weighted by Gasteiger charge is -2.13. The molecule has 3 aromatic carbocycles. The smallest absolute Gasteiger partial charge is 0.203 e. The molecular formula is C27H28N2O6. The predicted octanol–water partition coefficient (Wildman–Crippen LogP) is 4.99. The molecule has 3 aromatic rings. The maximum Gasteiger partial charge on any atom is 0.203 e. The van der Waals surface area contributed by atoms with Gasteiger partial charge in [-0.1, -0.05) is 12.2 Å². The summed E-state index contributed by atoms with van der Waals surface area (Å²) in [5.41, 5.74) is 8.84. The van der Waals surface area contributed by atoms with Gasteiger partial charge < -0.3 is 35.1 Å². The zero-order valence-corrected chi connectivity index (χ0v) is 20.0. The van der Waals surface area contributed by atoms with Gasteiger partial charge in [-0.15, -0.1) is 0 Å². The van der Waals surface area contributed by atoms with Crippen LogP contribution in [0.15, 0.2) is 60.8 Å². The van der Waals surface area contributed by atoms with Gasteiger partial charge in [-0.25, -0.2) is 0 Å². The number of phenols is 1. The average Bonchev–Trinajstić information content (AvgIpc) is 2.87. The van der Waals surface area contributed by atoms with Crippen molar-refractivity contribution in [3.05, 3.63) is 77.5 Å². The molecule has 4 N–H and O–H groups in total.